The number of halogens is 4. The van der Waals surface area contributed by atoms with Gasteiger partial charge in [0.2, 0.25) is 0 Å². The molecule has 7 nitrogen and oxygen atoms in total. The van der Waals surface area contributed by atoms with Crippen LogP contribution in [0, 0.1) is 32.1 Å². The summed E-state index contributed by atoms with van der Waals surface area (Å²) in [6.07, 6.45) is 3.27. The molecule has 0 radical (unpaired) electrons. The van der Waals surface area contributed by atoms with Crippen molar-refractivity contribution < 1.29 is 48.8 Å². The van der Waals surface area contributed by atoms with Gasteiger partial charge >= 0.3 is 33.1 Å². The van der Waals surface area contributed by atoms with Crippen LogP contribution in [-0.4, -0.2) is 110 Å². The number of nitriles is 1. The zero-order valence-electron chi connectivity index (χ0n) is 37.1. The molecule has 0 spiro atoms. The van der Waals surface area contributed by atoms with Crippen LogP contribution in [0.3, 0.4) is 0 Å². The van der Waals surface area contributed by atoms with Crippen molar-refractivity contribution in [2.45, 2.75) is 110 Å². The van der Waals surface area contributed by atoms with E-state index in [4.69, 9.17) is 19.8 Å². The number of hydrogen-bond donors (Lipinski definition) is 0. The number of rotatable bonds is 20. The van der Waals surface area contributed by atoms with Crippen LogP contribution in [0.4, 0.5) is 0 Å². The van der Waals surface area contributed by atoms with Gasteiger partial charge in [0, 0.05) is 69.9 Å². The number of aryl methyl sites for hydroxylation is 3. The van der Waals surface area contributed by atoms with Crippen LogP contribution in [-0.2, 0) is 12.8 Å². The standard InChI is InChI=1S/C14H26NOS.C12H21NOS.C7H17NO.C5H5BrS.C2H5Br.C2H3N.CH4.BrH.Cu.HI/c1-5-15(6-2,7-3)9-8-10-16-14-12-17-11-13(14)4;1-4-13(5-2)7-6-8-14-12-10-15-9-11(12)3;1-3-8(4-2)6-5-7-9;1-4-2-7-3-5(4)6;2*1-2-3;;;;/h11-12H,5-10H2,1-4H3;9-10H,4-8H2,1-3H3;9H,3-7H2,1-2H3;2-3H,1H3;2H2,1H3;1H3;1H4;1H;;1H/q+1;;;;;;;;+1;/p-1. The summed E-state index contributed by atoms with van der Waals surface area (Å²) in [6.45, 7) is 39.2. The van der Waals surface area contributed by atoms with Crippen molar-refractivity contribution in [3.05, 3.63) is 53.4 Å². The van der Waals surface area contributed by atoms with Crippen LogP contribution in [0.5, 0.6) is 11.5 Å². The van der Waals surface area contributed by atoms with Crippen LogP contribution >= 0.6 is 86.2 Å². The normalized spacial score (nSPS) is 9.64. The molecule has 0 saturated carbocycles. The Labute approximate surface area is 417 Å². The van der Waals surface area contributed by atoms with Crippen molar-refractivity contribution in [3.8, 4) is 17.6 Å². The number of hydrogen-bond acceptors (Lipinski definition) is 8. The Kier molecular flexibility index (Phi) is 63.2. The molecule has 0 aliphatic carbocycles. The minimum absolute atomic E-state index is 0. The van der Waals surface area contributed by atoms with Crippen LogP contribution in [0.25, 0.3) is 0 Å². The summed E-state index contributed by atoms with van der Waals surface area (Å²) in [6, 6.07) is 1.75. The van der Waals surface area contributed by atoms with E-state index in [-0.39, 0.29) is 24.4 Å². The molecule has 3 aromatic heterocycles. The zero-order chi connectivity index (χ0) is 43.6. The summed E-state index contributed by atoms with van der Waals surface area (Å²) >= 11 is 17.5. The summed E-state index contributed by atoms with van der Waals surface area (Å²) in [4.78, 5) is 4.76. The van der Waals surface area contributed by atoms with Gasteiger partial charge in [0.15, 0.2) is 0 Å². The zero-order valence-corrected chi connectivity index (χ0v) is 47.4. The first-order valence-corrected chi connectivity index (χ1v) is 27.6. The predicted octanol–water partition coefficient (Wildman–Crippen LogP) is 10.6. The quantitative estimate of drug-likeness (QED) is 0.0282. The Bertz CT molecular complexity index is 1230. The number of thiophene rings is 3. The van der Waals surface area contributed by atoms with Gasteiger partial charge in [0.25, 0.3) is 0 Å². The second-order valence-electron chi connectivity index (χ2n) is 12.3. The van der Waals surface area contributed by atoms with Gasteiger partial charge in [-0.05, 0) is 112 Å². The van der Waals surface area contributed by atoms with Crippen molar-refractivity contribution in [1.82, 2.24) is 9.80 Å². The molecule has 3 aromatic rings. The van der Waals surface area contributed by atoms with Crippen molar-refractivity contribution in [1.29, 1.82) is 5.26 Å². The van der Waals surface area contributed by atoms with E-state index in [1.54, 1.807) is 60.4 Å². The van der Waals surface area contributed by atoms with E-state index in [1.165, 1.54) is 58.7 Å². The van der Waals surface area contributed by atoms with E-state index >= 15 is 0 Å². The minimum atomic E-state index is 0. The van der Waals surface area contributed by atoms with Crippen LogP contribution in [0.2, 0.25) is 0 Å². The molecule has 15 heteroatoms. The van der Waals surface area contributed by atoms with Crippen LogP contribution < -0.4 is 26.5 Å². The summed E-state index contributed by atoms with van der Waals surface area (Å²) in [5.41, 5.74) is 3.84. The van der Waals surface area contributed by atoms with E-state index in [0.29, 0.717) is 6.61 Å². The first kappa shape index (κ1) is 70.4. The molecule has 348 valence electrons. The first-order valence-electron chi connectivity index (χ1n) is 19.8. The molecule has 2 N–H and O–H groups in total. The monoisotopic (exact) mass is 1230 g/mol. The van der Waals surface area contributed by atoms with Crippen LogP contribution in [0.15, 0.2) is 36.8 Å². The third-order valence-corrected chi connectivity index (χ3v) is 12.5. The first-order chi connectivity index (χ1) is 26.9. The molecule has 0 fully saturated rings. The number of nitrogens with zero attached hydrogens (tertiary/aromatic N) is 4. The molecule has 0 aromatic carbocycles. The van der Waals surface area contributed by atoms with E-state index < -0.39 is 0 Å². The third-order valence-electron chi connectivity index (χ3n) is 8.77. The molecule has 58 heavy (non-hydrogen) atoms. The van der Waals surface area contributed by atoms with Gasteiger partial charge in [-0.25, -0.2) is 0 Å². The molecule has 0 unspecified atom stereocenters. The second-order valence-corrected chi connectivity index (χ2v) is 16.5. The van der Waals surface area contributed by atoms with Gasteiger partial charge in [-0.1, -0.05) is 58.0 Å². The van der Waals surface area contributed by atoms with Gasteiger partial charge in [-0.2, -0.15) is 16.6 Å². The Morgan fingerprint density at radius 1 is 0.707 bits per heavy atom. The van der Waals surface area contributed by atoms with E-state index in [2.05, 4.69) is 156 Å². The maximum absolute atomic E-state index is 7.32. The van der Waals surface area contributed by atoms with E-state index in [1.807, 2.05) is 6.92 Å². The molecule has 0 atom stereocenters. The molecular formula is C43H82Br3CuIN4O3S3+. The second kappa shape index (κ2) is 52.1. The Morgan fingerprint density at radius 2 is 1.05 bits per heavy atom. The maximum atomic E-state index is 7.32. The molecule has 0 saturated heterocycles. The fourth-order valence-electron chi connectivity index (χ4n) is 4.92. The topological polar surface area (TPSA) is 71.6 Å². The van der Waals surface area contributed by atoms with E-state index in [0.717, 1.165) is 88.6 Å². The SMILES string of the molecule is C.CC#N.CCBr.CCN(CC)CCCOc1cscc1C.CCN(CC)CCC[OH2+].CC[N+](CC)(CC)CCCOc1cscc1C.Cc1cscc1Br.[Br-].[Cu][I]. The Hall–Kier alpha value is 0.719. The summed E-state index contributed by atoms with van der Waals surface area (Å²) < 4.78 is 13.9. The summed E-state index contributed by atoms with van der Waals surface area (Å²) in [7, 11) is 0. The van der Waals surface area contributed by atoms with E-state index in [9.17, 15) is 0 Å². The number of quaternary nitrogens is 1. The average Bonchev–Trinajstić information content (AvgIpc) is 3.94. The average molecular weight is 1230 g/mol. The molecule has 0 aliphatic heterocycles. The Morgan fingerprint density at radius 3 is 1.31 bits per heavy atom. The predicted molar refractivity (Wildman–Crippen MR) is 272 cm³/mol. The number of ether oxygens (including phenoxy) is 2. The summed E-state index contributed by atoms with van der Waals surface area (Å²) in [5.74, 6) is 2.12. The molecule has 3 rings (SSSR count). The molecule has 0 amide bonds. The summed E-state index contributed by atoms with van der Waals surface area (Å²) in [5, 5.41) is 27.9. The van der Waals surface area contributed by atoms with Crippen molar-refractivity contribution in [3.63, 3.8) is 0 Å². The van der Waals surface area contributed by atoms with Gasteiger partial charge in [-0.15, -0.1) is 22.7 Å². The van der Waals surface area contributed by atoms with Gasteiger partial charge in [-0.3, -0.25) is 0 Å². The van der Waals surface area contributed by atoms with Crippen molar-refractivity contribution in [2.24, 2.45) is 0 Å². The molecule has 0 aliphatic rings. The fraction of sp³-hybridized carbons (Fsp3) is 0.698. The van der Waals surface area contributed by atoms with Crippen LogP contribution in [0.1, 0.15) is 106 Å². The molecule has 3 heterocycles. The van der Waals surface area contributed by atoms with Gasteiger partial charge in [0.1, 0.15) is 18.1 Å². The van der Waals surface area contributed by atoms with Gasteiger partial charge < -0.3 is 45.8 Å². The Balaban J connectivity index is -0.000000150. The number of alkyl halides is 1. The molecular weight excluding hydrogens is 1150 g/mol. The van der Waals surface area contributed by atoms with Crippen molar-refractivity contribution in [2.75, 3.05) is 90.6 Å². The van der Waals surface area contributed by atoms with Crippen molar-refractivity contribution >= 4 is 86.2 Å². The molecule has 0 bridgehead atoms. The fourth-order valence-corrected chi connectivity index (χ4v) is 7.74. The third kappa shape index (κ3) is 39.6. The van der Waals surface area contributed by atoms with Gasteiger partial charge in [0.05, 0.1) is 45.5 Å².